The molecule has 3 N–H and O–H groups in total. The van der Waals surface area contributed by atoms with E-state index in [2.05, 4.69) is 31.3 Å². The van der Waals surface area contributed by atoms with Gasteiger partial charge >= 0.3 is 5.97 Å². The van der Waals surface area contributed by atoms with Crippen LogP contribution in [0.15, 0.2) is 24.3 Å². The molecule has 0 aliphatic rings. The lowest BCUT2D eigenvalue weighted by Gasteiger charge is -2.20. The number of ether oxygens (including phenoxy) is 1. The molecule has 2 unspecified atom stereocenters. The van der Waals surface area contributed by atoms with Gasteiger partial charge in [-0.1, -0.05) is 276 Å². The fourth-order valence-electron chi connectivity index (χ4n) is 8.97. The van der Waals surface area contributed by atoms with Crippen molar-refractivity contribution in [2.24, 2.45) is 0 Å². The van der Waals surface area contributed by atoms with Crippen molar-refractivity contribution in [2.45, 2.75) is 328 Å². The van der Waals surface area contributed by atoms with Crippen LogP contribution in [0, 0.1) is 0 Å². The van der Waals surface area contributed by atoms with Gasteiger partial charge in [0.25, 0.3) is 0 Å². The largest absolute Gasteiger partial charge is 0.466 e. The minimum Gasteiger partial charge on any atom is -0.466 e. The van der Waals surface area contributed by atoms with Crippen LogP contribution in [0.5, 0.6) is 0 Å². The van der Waals surface area contributed by atoms with Crippen LogP contribution < -0.4 is 5.32 Å². The lowest BCUT2D eigenvalue weighted by molar-refractivity contribution is -0.143. The number of carbonyl (C=O) groups is 2. The number of hydrogen-bond donors (Lipinski definition) is 3. The maximum absolute atomic E-state index is 12.4. The van der Waals surface area contributed by atoms with E-state index >= 15 is 0 Å². The monoisotopic (exact) mass is 916 g/mol. The Kier molecular flexibility index (Phi) is 53.5. The molecule has 0 aromatic heterocycles. The van der Waals surface area contributed by atoms with Gasteiger partial charge in [0.05, 0.1) is 25.4 Å². The number of unbranched alkanes of at least 4 members (excludes halogenated alkanes) is 41. The van der Waals surface area contributed by atoms with E-state index in [1.165, 1.54) is 244 Å². The van der Waals surface area contributed by atoms with Gasteiger partial charge in [0.2, 0.25) is 5.91 Å². The van der Waals surface area contributed by atoms with Gasteiger partial charge in [-0.15, -0.1) is 0 Å². The Hall–Kier alpha value is -1.66. The summed E-state index contributed by atoms with van der Waals surface area (Å²) < 4.78 is 5.46. The maximum atomic E-state index is 12.4. The SMILES string of the molecule is CCCC/C=C\CCCCCCCC(=O)OCCCCCCCCCCCCCCCCCCCCCCCCCCCCC(=O)NC(CO)C(O)/C=C/CCCCCCCCCCC. The van der Waals surface area contributed by atoms with Crippen molar-refractivity contribution in [1.29, 1.82) is 0 Å². The zero-order chi connectivity index (χ0) is 47.2. The number of esters is 1. The molecule has 2 atom stereocenters. The number of carbonyl (C=O) groups excluding carboxylic acids is 2. The second kappa shape index (κ2) is 54.9. The molecule has 0 aromatic rings. The summed E-state index contributed by atoms with van der Waals surface area (Å²) in [6.07, 6.45) is 66.5. The van der Waals surface area contributed by atoms with Crippen molar-refractivity contribution in [1.82, 2.24) is 5.32 Å². The van der Waals surface area contributed by atoms with Crippen LogP contribution in [0.4, 0.5) is 0 Å². The lowest BCUT2D eigenvalue weighted by atomic mass is 10.0. The van der Waals surface area contributed by atoms with Crippen molar-refractivity contribution in [2.75, 3.05) is 13.2 Å². The van der Waals surface area contributed by atoms with E-state index in [9.17, 15) is 19.8 Å². The molecule has 0 rings (SSSR count). The molecule has 0 fully saturated rings. The predicted octanol–water partition coefficient (Wildman–Crippen LogP) is 17.9. The van der Waals surface area contributed by atoms with E-state index in [4.69, 9.17) is 4.74 Å². The summed E-state index contributed by atoms with van der Waals surface area (Å²) in [6.45, 7) is 4.86. The Bertz CT molecular complexity index is 1010. The van der Waals surface area contributed by atoms with Crippen molar-refractivity contribution in [3.8, 4) is 0 Å². The molecule has 384 valence electrons. The molecule has 65 heavy (non-hydrogen) atoms. The van der Waals surface area contributed by atoms with E-state index in [1.54, 1.807) is 6.08 Å². The summed E-state index contributed by atoms with van der Waals surface area (Å²) in [5, 5.41) is 23.0. The first-order chi connectivity index (χ1) is 32.0. The number of aliphatic hydroxyl groups excluding tert-OH is 2. The van der Waals surface area contributed by atoms with Crippen LogP contribution in [-0.4, -0.2) is 47.4 Å². The van der Waals surface area contributed by atoms with Gasteiger partial charge in [-0.05, 0) is 51.4 Å². The number of amides is 1. The molecule has 6 nitrogen and oxygen atoms in total. The van der Waals surface area contributed by atoms with Crippen LogP contribution in [0.3, 0.4) is 0 Å². The molecular formula is C59H113NO5. The molecule has 0 radical (unpaired) electrons. The first-order valence-corrected chi connectivity index (χ1v) is 29.1. The molecule has 0 saturated heterocycles. The van der Waals surface area contributed by atoms with E-state index in [-0.39, 0.29) is 18.5 Å². The van der Waals surface area contributed by atoms with Gasteiger partial charge in [-0.25, -0.2) is 0 Å². The van der Waals surface area contributed by atoms with Gasteiger partial charge in [0.1, 0.15) is 0 Å². The molecule has 0 heterocycles. The summed E-state index contributed by atoms with van der Waals surface area (Å²) in [4.78, 5) is 24.4. The number of hydrogen-bond acceptors (Lipinski definition) is 5. The molecule has 0 bridgehead atoms. The van der Waals surface area contributed by atoms with Gasteiger partial charge in [-0.3, -0.25) is 9.59 Å². The van der Waals surface area contributed by atoms with Crippen LogP contribution in [0.2, 0.25) is 0 Å². The molecular weight excluding hydrogens is 803 g/mol. The number of allylic oxidation sites excluding steroid dienone is 3. The minimum absolute atomic E-state index is 0.00558. The third kappa shape index (κ3) is 51.6. The maximum Gasteiger partial charge on any atom is 0.305 e. The third-order valence-electron chi connectivity index (χ3n) is 13.5. The Morgan fingerprint density at radius 2 is 0.738 bits per heavy atom. The Morgan fingerprint density at radius 3 is 1.14 bits per heavy atom. The average molecular weight is 917 g/mol. The molecule has 6 heteroatoms. The normalized spacial score (nSPS) is 12.7. The van der Waals surface area contributed by atoms with Crippen LogP contribution >= 0.6 is 0 Å². The number of nitrogens with one attached hydrogen (secondary N) is 1. The summed E-state index contributed by atoms with van der Waals surface area (Å²) in [6, 6.07) is -0.624. The van der Waals surface area contributed by atoms with Crippen molar-refractivity contribution in [3.05, 3.63) is 24.3 Å². The highest BCUT2D eigenvalue weighted by Gasteiger charge is 2.18. The number of aliphatic hydroxyl groups is 2. The summed E-state index contributed by atoms with van der Waals surface area (Å²) in [5.41, 5.74) is 0. The van der Waals surface area contributed by atoms with Gasteiger partial charge in [0, 0.05) is 12.8 Å². The van der Waals surface area contributed by atoms with Gasteiger partial charge in [-0.2, -0.15) is 0 Å². The second-order valence-electron chi connectivity index (χ2n) is 20.0. The van der Waals surface area contributed by atoms with E-state index in [1.807, 2.05) is 6.08 Å². The van der Waals surface area contributed by atoms with Gasteiger partial charge in [0.15, 0.2) is 0 Å². The zero-order valence-corrected chi connectivity index (χ0v) is 43.7. The van der Waals surface area contributed by atoms with Crippen molar-refractivity contribution < 1.29 is 24.5 Å². The highest BCUT2D eigenvalue weighted by atomic mass is 16.5. The Morgan fingerprint density at radius 1 is 0.415 bits per heavy atom. The summed E-state index contributed by atoms with van der Waals surface area (Å²) in [5.74, 6) is -0.0608. The van der Waals surface area contributed by atoms with Crippen molar-refractivity contribution in [3.63, 3.8) is 0 Å². The molecule has 0 aliphatic heterocycles. The van der Waals surface area contributed by atoms with E-state index in [0.29, 0.717) is 19.4 Å². The van der Waals surface area contributed by atoms with Gasteiger partial charge < -0.3 is 20.3 Å². The third-order valence-corrected chi connectivity index (χ3v) is 13.5. The van der Waals surface area contributed by atoms with E-state index < -0.39 is 12.1 Å². The topological polar surface area (TPSA) is 95.9 Å². The average Bonchev–Trinajstić information content (AvgIpc) is 3.31. The van der Waals surface area contributed by atoms with Crippen LogP contribution in [0.25, 0.3) is 0 Å². The predicted molar refractivity (Wildman–Crippen MR) is 283 cm³/mol. The molecule has 0 spiro atoms. The van der Waals surface area contributed by atoms with Crippen molar-refractivity contribution >= 4 is 11.9 Å². The molecule has 1 amide bonds. The smallest absolute Gasteiger partial charge is 0.305 e. The lowest BCUT2D eigenvalue weighted by Crippen LogP contribution is -2.45. The van der Waals surface area contributed by atoms with E-state index in [0.717, 1.165) is 44.9 Å². The number of rotatable bonds is 54. The molecule has 0 aliphatic carbocycles. The Labute approximate surface area is 405 Å². The van der Waals surface area contributed by atoms with Crippen LogP contribution in [0.1, 0.15) is 316 Å². The zero-order valence-electron chi connectivity index (χ0n) is 43.7. The fraction of sp³-hybridized carbons (Fsp3) is 0.898. The van der Waals surface area contributed by atoms with Crippen LogP contribution in [-0.2, 0) is 14.3 Å². The molecule has 0 aromatic carbocycles. The fourth-order valence-corrected chi connectivity index (χ4v) is 8.97. The Balaban J connectivity index is 3.35. The highest BCUT2D eigenvalue weighted by Crippen LogP contribution is 2.17. The summed E-state index contributed by atoms with van der Waals surface area (Å²) >= 11 is 0. The highest BCUT2D eigenvalue weighted by molar-refractivity contribution is 5.76. The standard InChI is InChI=1S/C59H113NO5/c1-3-5-7-9-11-13-31-35-39-43-47-51-57(62)56(55-61)60-58(63)52-48-44-40-36-33-29-27-25-23-21-19-17-15-16-18-20-22-24-26-28-30-34-38-42-46-50-54-65-59(64)53-49-45-41-37-32-14-12-10-8-6-4-2/h10,12,47,51,56-57,61-62H,3-9,11,13-46,48-50,52-55H2,1-2H3,(H,60,63)/b12-10-,51-47+. The first-order valence-electron chi connectivity index (χ1n) is 29.1. The second-order valence-corrected chi connectivity index (χ2v) is 20.0. The first kappa shape index (κ1) is 63.3. The summed E-state index contributed by atoms with van der Waals surface area (Å²) in [7, 11) is 0. The minimum atomic E-state index is -0.841. The quantitative estimate of drug-likeness (QED) is 0.0321. The molecule has 0 saturated carbocycles.